The molecule has 0 aliphatic carbocycles. The molecule has 0 aliphatic rings. The first-order chi connectivity index (χ1) is 8.41. The lowest BCUT2D eigenvalue weighted by atomic mass is 10.4. The summed E-state index contributed by atoms with van der Waals surface area (Å²) in [6.45, 7) is 18.4. The summed E-state index contributed by atoms with van der Waals surface area (Å²) in [5.74, 6) is -0.345. The number of hydrogen-bond acceptors (Lipinski definition) is 4. The second-order valence-corrected chi connectivity index (χ2v) is 17.8. The summed E-state index contributed by atoms with van der Waals surface area (Å²) in [6, 6.07) is 0.665. The van der Waals surface area contributed by atoms with E-state index < -0.39 is 25.9 Å². The van der Waals surface area contributed by atoms with Gasteiger partial charge in [0.15, 0.2) is 16.6 Å². The number of carbonyl (C=O) groups excluding carboxylic acids is 1. The van der Waals surface area contributed by atoms with Gasteiger partial charge in [0.25, 0.3) is 0 Å². The van der Waals surface area contributed by atoms with E-state index in [1.165, 1.54) is 0 Å². The van der Waals surface area contributed by atoms with Gasteiger partial charge in [-0.3, -0.25) is 0 Å². The van der Waals surface area contributed by atoms with Crippen molar-refractivity contribution in [3.63, 3.8) is 0 Å². The van der Waals surface area contributed by atoms with Crippen molar-refractivity contribution in [2.45, 2.75) is 52.2 Å². The van der Waals surface area contributed by atoms with Gasteiger partial charge < -0.3 is 13.0 Å². The molecule has 111 valence electrons. The van der Waals surface area contributed by atoms with Crippen molar-refractivity contribution < 1.29 is 17.8 Å². The standard InChI is InChI=1S/C12H27O4Si3/c1-11(2)12(13)14-9-10-17(15-18(3,4)5)16-19(6,7)8/h1,9-10H2,2-8H3. The summed E-state index contributed by atoms with van der Waals surface area (Å²) in [5, 5.41) is 0. The molecular weight excluding hydrogens is 292 g/mol. The fourth-order valence-corrected chi connectivity index (χ4v) is 8.25. The molecule has 0 bridgehead atoms. The van der Waals surface area contributed by atoms with Gasteiger partial charge in [0.05, 0.1) is 6.61 Å². The summed E-state index contributed by atoms with van der Waals surface area (Å²) < 4.78 is 17.3. The minimum Gasteiger partial charge on any atom is -0.462 e. The highest BCUT2D eigenvalue weighted by Crippen LogP contribution is 2.14. The molecular formula is C12H27O4Si3. The van der Waals surface area contributed by atoms with Gasteiger partial charge in [-0.05, 0) is 46.2 Å². The van der Waals surface area contributed by atoms with E-state index in [0.29, 0.717) is 18.2 Å². The first-order valence-electron chi connectivity index (χ1n) is 6.47. The predicted octanol–water partition coefficient (Wildman–Crippen LogP) is 3.30. The van der Waals surface area contributed by atoms with Gasteiger partial charge in [-0.1, -0.05) is 6.58 Å². The average Bonchev–Trinajstić information content (AvgIpc) is 2.11. The van der Waals surface area contributed by atoms with E-state index >= 15 is 0 Å². The molecule has 0 rings (SSSR count). The minimum atomic E-state index is -1.63. The van der Waals surface area contributed by atoms with E-state index in [1.807, 2.05) is 0 Å². The van der Waals surface area contributed by atoms with Gasteiger partial charge in [-0.2, -0.15) is 0 Å². The van der Waals surface area contributed by atoms with Crippen LogP contribution < -0.4 is 0 Å². The Labute approximate surface area is 121 Å². The highest BCUT2D eigenvalue weighted by atomic mass is 28.4. The summed E-state index contributed by atoms with van der Waals surface area (Å²) in [7, 11) is -4.63. The van der Waals surface area contributed by atoms with Crippen LogP contribution in [-0.4, -0.2) is 38.5 Å². The fraction of sp³-hybridized carbons (Fsp3) is 0.750. The Kier molecular flexibility index (Phi) is 7.45. The molecule has 0 aromatic rings. The van der Waals surface area contributed by atoms with Crippen LogP contribution in [0.25, 0.3) is 0 Å². The van der Waals surface area contributed by atoms with Crippen LogP contribution in [0.4, 0.5) is 0 Å². The number of rotatable bonds is 8. The van der Waals surface area contributed by atoms with Gasteiger partial charge >= 0.3 is 15.3 Å². The van der Waals surface area contributed by atoms with Crippen molar-refractivity contribution in [1.82, 2.24) is 0 Å². The number of esters is 1. The van der Waals surface area contributed by atoms with Gasteiger partial charge in [0, 0.05) is 11.6 Å². The van der Waals surface area contributed by atoms with Crippen molar-refractivity contribution >= 4 is 31.9 Å². The molecule has 0 atom stereocenters. The second-order valence-electron chi connectivity index (χ2n) is 6.47. The smallest absolute Gasteiger partial charge is 0.366 e. The molecule has 7 heteroatoms. The highest BCUT2D eigenvalue weighted by Gasteiger charge is 2.30. The fourth-order valence-electron chi connectivity index (χ4n) is 1.16. The summed E-state index contributed by atoms with van der Waals surface area (Å²) in [5.41, 5.74) is 0.422. The third-order valence-electron chi connectivity index (χ3n) is 1.73. The number of ether oxygens (including phenoxy) is 1. The Balaban J connectivity index is 4.35. The molecule has 0 spiro atoms. The molecule has 0 saturated carbocycles. The van der Waals surface area contributed by atoms with Crippen LogP contribution in [0.1, 0.15) is 6.92 Å². The van der Waals surface area contributed by atoms with Crippen molar-refractivity contribution in [3.05, 3.63) is 12.2 Å². The quantitative estimate of drug-likeness (QED) is 0.391. The summed E-state index contributed by atoms with van der Waals surface area (Å²) in [6.07, 6.45) is 0. The maximum absolute atomic E-state index is 11.3. The molecule has 1 radical (unpaired) electrons. The van der Waals surface area contributed by atoms with E-state index in [4.69, 9.17) is 13.0 Å². The van der Waals surface area contributed by atoms with Crippen molar-refractivity contribution in [3.8, 4) is 0 Å². The van der Waals surface area contributed by atoms with E-state index in [-0.39, 0.29) is 5.97 Å². The zero-order valence-electron chi connectivity index (χ0n) is 13.3. The van der Waals surface area contributed by atoms with Crippen LogP contribution in [0.15, 0.2) is 12.2 Å². The molecule has 0 heterocycles. The largest absolute Gasteiger partial charge is 0.462 e. The van der Waals surface area contributed by atoms with E-state index in [1.54, 1.807) is 6.92 Å². The van der Waals surface area contributed by atoms with E-state index in [9.17, 15) is 4.79 Å². The Bertz CT molecular complexity index is 302. The summed E-state index contributed by atoms with van der Waals surface area (Å²) >= 11 is 0. The van der Waals surface area contributed by atoms with E-state index in [2.05, 4.69) is 45.9 Å². The van der Waals surface area contributed by atoms with Crippen LogP contribution >= 0.6 is 0 Å². The van der Waals surface area contributed by atoms with Gasteiger partial charge in [-0.15, -0.1) is 0 Å². The zero-order chi connectivity index (χ0) is 15.3. The van der Waals surface area contributed by atoms with Crippen molar-refractivity contribution in [2.75, 3.05) is 6.61 Å². The first-order valence-corrected chi connectivity index (χ1v) is 14.8. The maximum Gasteiger partial charge on any atom is 0.366 e. The molecule has 0 amide bonds. The topological polar surface area (TPSA) is 44.8 Å². The lowest BCUT2D eigenvalue weighted by molar-refractivity contribution is -0.138. The Hall–Kier alpha value is -0.219. The van der Waals surface area contributed by atoms with Crippen molar-refractivity contribution in [1.29, 1.82) is 0 Å². The zero-order valence-corrected chi connectivity index (χ0v) is 16.3. The van der Waals surface area contributed by atoms with Crippen LogP contribution in [0, 0.1) is 0 Å². The van der Waals surface area contributed by atoms with Crippen LogP contribution in [0.3, 0.4) is 0 Å². The lowest BCUT2D eigenvalue weighted by Gasteiger charge is -2.29. The molecule has 0 saturated heterocycles. The molecule has 0 N–H and O–H groups in total. The normalized spacial score (nSPS) is 12.6. The maximum atomic E-state index is 11.3. The van der Waals surface area contributed by atoms with Gasteiger partial charge in [-0.25, -0.2) is 4.79 Å². The van der Waals surface area contributed by atoms with Crippen molar-refractivity contribution in [2.24, 2.45) is 0 Å². The van der Waals surface area contributed by atoms with Gasteiger partial charge in [0.2, 0.25) is 0 Å². The number of carbonyl (C=O) groups is 1. The van der Waals surface area contributed by atoms with Crippen LogP contribution in [0.2, 0.25) is 45.3 Å². The molecule has 0 aromatic carbocycles. The lowest BCUT2D eigenvalue weighted by Crippen LogP contribution is -2.43. The summed E-state index contributed by atoms with van der Waals surface area (Å²) in [4.78, 5) is 11.3. The first kappa shape index (κ1) is 18.8. The third-order valence-corrected chi connectivity index (χ3v) is 9.06. The minimum absolute atomic E-state index is 0.342. The molecule has 0 aromatic heterocycles. The Morgan fingerprint density at radius 2 is 1.47 bits per heavy atom. The molecule has 0 unspecified atom stereocenters. The SMILES string of the molecule is C=C(C)C(=O)OCC[Si](O[Si](C)(C)C)O[Si](C)(C)C. The second kappa shape index (κ2) is 7.53. The van der Waals surface area contributed by atoms with E-state index in [0.717, 1.165) is 0 Å². The Morgan fingerprint density at radius 3 is 1.79 bits per heavy atom. The molecule has 4 nitrogen and oxygen atoms in total. The molecule has 0 aliphatic heterocycles. The van der Waals surface area contributed by atoms with Crippen LogP contribution in [-0.2, 0) is 17.8 Å². The predicted molar refractivity (Wildman–Crippen MR) is 85.2 cm³/mol. The average molecular weight is 320 g/mol. The number of hydrogen-bond donors (Lipinski definition) is 0. The monoisotopic (exact) mass is 319 g/mol. The molecule has 0 fully saturated rings. The highest BCUT2D eigenvalue weighted by molar-refractivity contribution is 6.81. The molecule has 19 heavy (non-hydrogen) atoms. The van der Waals surface area contributed by atoms with Gasteiger partial charge in [0.1, 0.15) is 0 Å². The Morgan fingerprint density at radius 1 is 1.05 bits per heavy atom. The van der Waals surface area contributed by atoms with Crippen LogP contribution in [0.5, 0.6) is 0 Å². The third kappa shape index (κ3) is 11.3.